The SMILES string of the molecule is COc1ccc(C(CC(=O)c2ccccc2)Nc2cccc(Cl)c2)cc1[N+](=O)[O-]. The quantitative estimate of drug-likeness (QED) is 0.293. The topological polar surface area (TPSA) is 81.5 Å². The van der Waals surface area contributed by atoms with Crippen LogP contribution in [-0.4, -0.2) is 17.8 Å². The molecule has 0 aliphatic heterocycles. The number of hydrogen-bond donors (Lipinski definition) is 1. The van der Waals surface area contributed by atoms with E-state index in [1.807, 2.05) is 12.1 Å². The molecule has 3 rings (SSSR count). The fraction of sp³-hybridized carbons (Fsp3) is 0.136. The smallest absolute Gasteiger partial charge is 0.311 e. The summed E-state index contributed by atoms with van der Waals surface area (Å²) in [5.74, 6) is 0.0817. The van der Waals surface area contributed by atoms with Crippen molar-refractivity contribution in [2.75, 3.05) is 12.4 Å². The summed E-state index contributed by atoms with van der Waals surface area (Å²) in [6, 6.07) is 20.2. The van der Waals surface area contributed by atoms with Gasteiger partial charge in [-0.3, -0.25) is 14.9 Å². The molecule has 1 atom stereocenters. The number of nitro groups is 1. The third kappa shape index (κ3) is 5.12. The van der Waals surface area contributed by atoms with Crippen molar-refractivity contribution in [3.63, 3.8) is 0 Å². The summed E-state index contributed by atoms with van der Waals surface area (Å²) in [6.07, 6.45) is 0.111. The van der Waals surface area contributed by atoms with Gasteiger partial charge in [0, 0.05) is 28.8 Å². The third-order valence-electron chi connectivity index (χ3n) is 4.45. The van der Waals surface area contributed by atoms with Crippen LogP contribution < -0.4 is 10.1 Å². The summed E-state index contributed by atoms with van der Waals surface area (Å²) in [4.78, 5) is 23.7. The Kier molecular flexibility index (Phi) is 6.46. The van der Waals surface area contributed by atoms with Crippen LogP contribution in [0.2, 0.25) is 5.02 Å². The van der Waals surface area contributed by atoms with E-state index in [1.54, 1.807) is 48.5 Å². The molecule has 0 amide bonds. The Bertz CT molecular complexity index is 1020. The number of nitro benzene ring substituents is 1. The molecule has 0 spiro atoms. The molecule has 3 aromatic rings. The second-order valence-electron chi connectivity index (χ2n) is 6.39. The van der Waals surface area contributed by atoms with Crippen LogP contribution in [0.5, 0.6) is 5.75 Å². The fourth-order valence-electron chi connectivity index (χ4n) is 3.03. The van der Waals surface area contributed by atoms with Crippen molar-refractivity contribution in [3.8, 4) is 5.75 Å². The molecule has 7 heteroatoms. The Balaban J connectivity index is 1.97. The summed E-state index contributed by atoms with van der Waals surface area (Å²) >= 11 is 6.07. The van der Waals surface area contributed by atoms with E-state index in [9.17, 15) is 14.9 Å². The standard InChI is InChI=1S/C22H19ClN2O4/c1-29-22-11-10-16(12-20(22)25(27)28)19(24-18-9-5-8-17(23)13-18)14-21(26)15-6-3-2-4-7-15/h2-13,19,24H,14H2,1H3. The molecule has 148 valence electrons. The lowest BCUT2D eigenvalue weighted by molar-refractivity contribution is -0.385. The Hall–Kier alpha value is -3.38. The molecule has 1 unspecified atom stereocenters. The zero-order valence-electron chi connectivity index (χ0n) is 15.7. The average Bonchev–Trinajstić information content (AvgIpc) is 2.73. The zero-order chi connectivity index (χ0) is 20.8. The van der Waals surface area contributed by atoms with Crippen molar-refractivity contribution in [1.82, 2.24) is 0 Å². The molecular formula is C22H19ClN2O4. The highest BCUT2D eigenvalue weighted by Crippen LogP contribution is 2.33. The molecule has 0 fully saturated rings. The van der Waals surface area contributed by atoms with Crippen molar-refractivity contribution in [3.05, 3.63) is 99.1 Å². The van der Waals surface area contributed by atoms with Gasteiger partial charge in [0.1, 0.15) is 0 Å². The normalized spacial score (nSPS) is 11.5. The van der Waals surface area contributed by atoms with Crippen molar-refractivity contribution in [1.29, 1.82) is 0 Å². The number of carbonyl (C=O) groups is 1. The number of nitrogens with one attached hydrogen (secondary N) is 1. The molecule has 6 nitrogen and oxygen atoms in total. The van der Waals surface area contributed by atoms with Crippen LogP contribution in [0.25, 0.3) is 0 Å². The number of ketones is 1. The average molecular weight is 411 g/mol. The van der Waals surface area contributed by atoms with E-state index in [2.05, 4.69) is 5.32 Å². The third-order valence-corrected chi connectivity index (χ3v) is 4.69. The largest absolute Gasteiger partial charge is 0.490 e. The van der Waals surface area contributed by atoms with Crippen LogP contribution in [0.4, 0.5) is 11.4 Å². The Labute approximate surface area is 173 Å². The Morgan fingerprint density at radius 1 is 1.10 bits per heavy atom. The van der Waals surface area contributed by atoms with Crippen molar-refractivity contribution in [2.24, 2.45) is 0 Å². The minimum Gasteiger partial charge on any atom is -0.490 e. The van der Waals surface area contributed by atoms with Gasteiger partial charge in [0.15, 0.2) is 11.5 Å². The summed E-state index contributed by atoms with van der Waals surface area (Å²) < 4.78 is 5.08. The van der Waals surface area contributed by atoms with E-state index in [-0.39, 0.29) is 23.6 Å². The fourth-order valence-corrected chi connectivity index (χ4v) is 3.22. The zero-order valence-corrected chi connectivity index (χ0v) is 16.4. The van der Waals surface area contributed by atoms with Gasteiger partial charge in [-0.05, 0) is 29.8 Å². The molecular weight excluding hydrogens is 392 g/mol. The summed E-state index contributed by atoms with van der Waals surface area (Å²) in [5, 5.41) is 15.2. The van der Waals surface area contributed by atoms with Gasteiger partial charge >= 0.3 is 5.69 Å². The number of carbonyl (C=O) groups excluding carboxylic acids is 1. The Morgan fingerprint density at radius 2 is 1.86 bits per heavy atom. The van der Waals surface area contributed by atoms with Crippen LogP contribution in [0.3, 0.4) is 0 Å². The van der Waals surface area contributed by atoms with Crippen molar-refractivity contribution in [2.45, 2.75) is 12.5 Å². The second-order valence-corrected chi connectivity index (χ2v) is 6.83. The van der Waals surface area contributed by atoms with Gasteiger partial charge in [-0.25, -0.2) is 0 Å². The van der Waals surface area contributed by atoms with Crippen LogP contribution in [0.15, 0.2) is 72.8 Å². The van der Waals surface area contributed by atoms with Gasteiger partial charge in [-0.15, -0.1) is 0 Å². The maximum absolute atomic E-state index is 12.8. The molecule has 0 saturated carbocycles. The van der Waals surface area contributed by atoms with Crippen LogP contribution >= 0.6 is 11.6 Å². The lowest BCUT2D eigenvalue weighted by Gasteiger charge is -2.20. The van der Waals surface area contributed by atoms with Gasteiger partial charge in [0.2, 0.25) is 0 Å². The van der Waals surface area contributed by atoms with Gasteiger partial charge in [-0.2, -0.15) is 0 Å². The summed E-state index contributed by atoms with van der Waals surface area (Å²) in [7, 11) is 1.38. The number of nitrogens with zero attached hydrogens (tertiary/aromatic N) is 1. The van der Waals surface area contributed by atoms with E-state index < -0.39 is 11.0 Å². The molecule has 3 aromatic carbocycles. The van der Waals surface area contributed by atoms with Crippen LogP contribution in [0.1, 0.15) is 28.4 Å². The molecule has 1 N–H and O–H groups in total. The number of benzene rings is 3. The number of ether oxygens (including phenoxy) is 1. The first-order valence-corrected chi connectivity index (χ1v) is 9.28. The number of methoxy groups -OCH3 is 1. The molecule has 0 bridgehead atoms. The molecule has 29 heavy (non-hydrogen) atoms. The van der Waals surface area contributed by atoms with Gasteiger partial charge in [0.25, 0.3) is 0 Å². The van der Waals surface area contributed by atoms with Gasteiger partial charge in [-0.1, -0.05) is 54.1 Å². The first kappa shape index (κ1) is 20.4. The predicted molar refractivity (Wildman–Crippen MR) is 113 cm³/mol. The first-order valence-electron chi connectivity index (χ1n) is 8.90. The van der Waals surface area contributed by atoms with Gasteiger partial charge in [0.05, 0.1) is 18.1 Å². The minimum absolute atomic E-state index is 0.0800. The Morgan fingerprint density at radius 3 is 2.52 bits per heavy atom. The van der Waals surface area contributed by atoms with E-state index >= 15 is 0 Å². The molecule has 0 radical (unpaired) electrons. The minimum atomic E-state index is -0.502. The summed E-state index contributed by atoms with van der Waals surface area (Å²) in [6.45, 7) is 0. The first-order chi connectivity index (χ1) is 14.0. The predicted octanol–water partition coefficient (Wildman–Crippen LogP) is 5.68. The maximum atomic E-state index is 12.8. The molecule has 0 aromatic heterocycles. The number of halogens is 1. The molecule has 0 aliphatic rings. The van der Waals surface area contributed by atoms with E-state index in [4.69, 9.17) is 16.3 Å². The molecule has 0 heterocycles. The number of hydrogen-bond acceptors (Lipinski definition) is 5. The lowest BCUT2D eigenvalue weighted by Crippen LogP contribution is -2.16. The number of Topliss-reactive ketones (excluding diaryl/α,β-unsaturated/α-hetero) is 1. The highest BCUT2D eigenvalue weighted by atomic mass is 35.5. The van der Waals surface area contributed by atoms with Crippen LogP contribution in [0, 0.1) is 10.1 Å². The van der Waals surface area contributed by atoms with Crippen LogP contribution in [-0.2, 0) is 0 Å². The number of anilines is 1. The second kappa shape index (κ2) is 9.21. The van der Waals surface area contributed by atoms with E-state index in [0.29, 0.717) is 21.8 Å². The lowest BCUT2D eigenvalue weighted by atomic mass is 9.97. The highest BCUT2D eigenvalue weighted by Gasteiger charge is 2.22. The van der Waals surface area contributed by atoms with E-state index in [1.165, 1.54) is 19.2 Å². The maximum Gasteiger partial charge on any atom is 0.311 e. The van der Waals surface area contributed by atoms with E-state index in [0.717, 1.165) is 0 Å². The van der Waals surface area contributed by atoms with Crippen molar-refractivity contribution < 1.29 is 14.5 Å². The molecule has 0 saturated heterocycles. The molecule has 0 aliphatic carbocycles. The van der Waals surface area contributed by atoms with Gasteiger partial charge < -0.3 is 10.1 Å². The summed E-state index contributed by atoms with van der Waals surface area (Å²) in [5.41, 5.74) is 1.73. The number of rotatable bonds is 8. The van der Waals surface area contributed by atoms with Crippen molar-refractivity contribution >= 4 is 28.8 Å². The highest BCUT2D eigenvalue weighted by molar-refractivity contribution is 6.30. The monoisotopic (exact) mass is 410 g/mol.